The molecule has 0 atom stereocenters. The van der Waals surface area contributed by atoms with E-state index in [0.29, 0.717) is 18.6 Å². The first-order chi connectivity index (χ1) is 13.6. The Morgan fingerprint density at radius 2 is 1.86 bits per heavy atom. The van der Waals surface area contributed by atoms with Crippen LogP contribution in [0.3, 0.4) is 0 Å². The summed E-state index contributed by atoms with van der Waals surface area (Å²) in [4.78, 5) is 23.7. The zero-order valence-electron chi connectivity index (χ0n) is 15.5. The molecule has 0 aliphatic carbocycles. The molecule has 0 aliphatic heterocycles. The third kappa shape index (κ3) is 7.61. The maximum Gasteiger partial charge on any atom is 0.416 e. The molecule has 6 nitrogen and oxygen atoms in total. The highest BCUT2D eigenvalue weighted by Gasteiger charge is 2.31. The number of nitrogens with zero attached hydrogens (tertiary/aromatic N) is 1. The summed E-state index contributed by atoms with van der Waals surface area (Å²) in [6.45, 7) is 1.74. The van der Waals surface area contributed by atoms with Crippen molar-refractivity contribution in [1.29, 1.82) is 0 Å². The number of benzene rings is 1. The first kappa shape index (κ1) is 22.5. The van der Waals surface area contributed by atoms with E-state index in [1.807, 2.05) is 6.07 Å². The molecule has 0 saturated carbocycles. The third-order valence-electron chi connectivity index (χ3n) is 3.83. The molecule has 1 heterocycles. The minimum Gasteiger partial charge on any atom is -0.469 e. The Hall–Kier alpha value is -2.81. The van der Waals surface area contributed by atoms with Crippen molar-refractivity contribution in [2.75, 3.05) is 5.32 Å². The monoisotopic (exact) mass is 429 g/mol. The zero-order chi connectivity index (χ0) is 21.4. The van der Waals surface area contributed by atoms with Gasteiger partial charge in [0.25, 0.3) is 0 Å². The molecule has 0 saturated heterocycles. The van der Waals surface area contributed by atoms with Crippen LogP contribution in [0.4, 0.5) is 18.9 Å². The van der Waals surface area contributed by atoms with Crippen LogP contribution in [-0.4, -0.2) is 17.5 Å². The van der Waals surface area contributed by atoms with Gasteiger partial charge in [-0.15, -0.1) is 0 Å². The van der Waals surface area contributed by atoms with Gasteiger partial charge in [0, 0.05) is 25.0 Å². The van der Waals surface area contributed by atoms with Gasteiger partial charge in [-0.05, 0) is 43.7 Å². The quantitative estimate of drug-likeness (QED) is 0.467. The van der Waals surface area contributed by atoms with Crippen molar-refractivity contribution in [2.45, 2.75) is 38.8 Å². The SMILES string of the molecule is CC(CCc1ccco1)=NNC(=O)CCC(=O)Nc1cc(C(F)(F)F)ccc1Cl. The number of rotatable bonds is 8. The average Bonchev–Trinajstić information content (AvgIpc) is 3.17. The van der Waals surface area contributed by atoms with Crippen molar-refractivity contribution >= 4 is 34.8 Å². The summed E-state index contributed by atoms with van der Waals surface area (Å²) >= 11 is 5.82. The van der Waals surface area contributed by atoms with Crippen LogP contribution in [0.25, 0.3) is 0 Å². The second-order valence-corrected chi connectivity index (χ2v) is 6.61. The Morgan fingerprint density at radius 3 is 2.52 bits per heavy atom. The van der Waals surface area contributed by atoms with E-state index in [9.17, 15) is 22.8 Å². The van der Waals surface area contributed by atoms with Crippen molar-refractivity contribution in [3.05, 3.63) is 52.9 Å². The number of hydrogen-bond acceptors (Lipinski definition) is 4. The predicted octanol–water partition coefficient (Wildman–Crippen LogP) is 4.80. The molecular formula is C19H19ClF3N3O3. The molecule has 0 fully saturated rings. The Kier molecular flexibility index (Phi) is 7.83. The average molecular weight is 430 g/mol. The Balaban J connectivity index is 1.78. The fraction of sp³-hybridized carbons (Fsp3) is 0.316. The fourth-order valence-corrected chi connectivity index (χ4v) is 2.43. The Morgan fingerprint density at radius 1 is 1.14 bits per heavy atom. The number of anilines is 1. The van der Waals surface area contributed by atoms with Crippen molar-refractivity contribution in [3.8, 4) is 0 Å². The van der Waals surface area contributed by atoms with Crippen molar-refractivity contribution in [1.82, 2.24) is 5.43 Å². The Bertz CT molecular complexity index is 881. The lowest BCUT2D eigenvalue weighted by Crippen LogP contribution is -2.22. The number of furan rings is 1. The van der Waals surface area contributed by atoms with Crippen molar-refractivity contribution in [3.63, 3.8) is 0 Å². The standard InChI is InChI=1S/C19H19ClF3N3O3/c1-12(4-6-14-3-2-10-29-14)25-26-18(28)9-8-17(27)24-16-11-13(19(21,22)23)5-7-15(16)20/h2-3,5,7,10-11H,4,6,8-9H2,1H3,(H,24,27)(H,26,28). The van der Waals surface area contributed by atoms with Crippen molar-refractivity contribution < 1.29 is 27.2 Å². The lowest BCUT2D eigenvalue weighted by molar-refractivity contribution is -0.137. The number of carbonyl (C=O) groups excluding carboxylic acids is 2. The summed E-state index contributed by atoms with van der Waals surface area (Å²) in [5.74, 6) is -0.330. The minimum absolute atomic E-state index is 0.0346. The summed E-state index contributed by atoms with van der Waals surface area (Å²) in [5.41, 5.74) is 1.91. The van der Waals surface area contributed by atoms with Crippen LogP contribution in [0.15, 0.2) is 46.1 Å². The number of carbonyl (C=O) groups is 2. The number of alkyl halides is 3. The minimum atomic E-state index is -4.56. The van der Waals surface area contributed by atoms with E-state index in [0.717, 1.165) is 24.0 Å². The van der Waals surface area contributed by atoms with Gasteiger partial charge in [-0.25, -0.2) is 5.43 Å². The van der Waals surface area contributed by atoms with E-state index in [4.69, 9.17) is 16.0 Å². The molecule has 0 radical (unpaired) electrons. The van der Waals surface area contributed by atoms with Gasteiger partial charge in [0.1, 0.15) is 5.76 Å². The van der Waals surface area contributed by atoms with Gasteiger partial charge in [-0.2, -0.15) is 18.3 Å². The number of nitrogens with one attached hydrogen (secondary N) is 2. The number of hydrogen-bond donors (Lipinski definition) is 2. The molecule has 156 valence electrons. The summed E-state index contributed by atoms with van der Waals surface area (Å²) in [7, 11) is 0. The lowest BCUT2D eigenvalue weighted by Gasteiger charge is -2.11. The van der Waals surface area contributed by atoms with E-state index < -0.39 is 23.6 Å². The first-order valence-electron chi connectivity index (χ1n) is 8.66. The van der Waals surface area contributed by atoms with Gasteiger partial charge in [0.15, 0.2) is 0 Å². The largest absolute Gasteiger partial charge is 0.469 e. The van der Waals surface area contributed by atoms with Crippen LogP contribution in [0.2, 0.25) is 5.02 Å². The van der Waals surface area contributed by atoms with Gasteiger partial charge >= 0.3 is 6.18 Å². The number of aryl methyl sites for hydroxylation is 1. The highest BCUT2D eigenvalue weighted by Crippen LogP contribution is 2.33. The molecule has 29 heavy (non-hydrogen) atoms. The third-order valence-corrected chi connectivity index (χ3v) is 4.16. The highest BCUT2D eigenvalue weighted by atomic mass is 35.5. The fourth-order valence-electron chi connectivity index (χ4n) is 2.27. The summed E-state index contributed by atoms with van der Waals surface area (Å²) in [5, 5.41) is 6.18. The van der Waals surface area contributed by atoms with Gasteiger partial charge in [-0.1, -0.05) is 11.6 Å². The zero-order valence-corrected chi connectivity index (χ0v) is 16.2. The first-order valence-corrected chi connectivity index (χ1v) is 9.04. The van der Waals surface area contributed by atoms with Crippen LogP contribution in [0.1, 0.15) is 37.5 Å². The van der Waals surface area contributed by atoms with Gasteiger partial charge in [0.2, 0.25) is 11.8 Å². The van der Waals surface area contributed by atoms with E-state index in [2.05, 4.69) is 15.8 Å². The smallest absolute Gasteiger partial charge is 0.416 e. The lowest BCUT2D eigenvalue weighted by atomic mass is 10.2. The Labute approximate surface area is 170 Å². The maximum atomic E-state index is 12.7. The van der Waals surface area contributed by atoms with E-state index in [1.54, 1.807) is 19.3 Å². The molecule has 1 aromatic carbocycles. The molecule has 2 aromatic rings. The molecule has 2 rings (SSSR count). The van der Waals surface area contributed by atoms with Gasteiger partial charge in [0.05, 0.1) is 22.5 Å². The summed E-state index contributed by atoms with van der Waals surface area (Å²) < 4.78 is 43.4. The molecule has 0 aliphatic rings. The van der Waals surface area contributed by atoms with E-state index in [-0.39, 0.29) is 23.6 Å². The van der Waals surface area contributed by atoms with E-state index >= 15 is 0 Å². The van der Waals surface area contributed by atoms with Crippen LogP contribution < -0.4 is 10.7 Å². The molecule has 0 bridgehead atoms. The predicted molar refractivity (Wildman–Crippen MR) is 103 cm³/mol. The normalized spacial score (nSPS) is 12.0. The molecular weight excluding hydrogens is 411 g/mol. The molecule has 2 amide bonds. The van der Waals surface area contributed by atoms with E-state index in [1.165, 1.54) is 0 Å². The molecule has 2 N–H and O–H groups in total. The molecule has 0 spiro atoms. The second kappa shape index (κ2) is 10.1. The van der Waals surface area contributed by atoms with Crippen LogP contribution in [-0.2, 0) is 22.2 Å². The molecule has 1 aromatic heterocycles. The summed E-state index contributed by atoms with van der Waals surface area (Å²) in [6.07, 6.45) is -2.19. The van der Waals surface area contributed by atoms with Crippen LogP contribution in [0.5, 0.6) is 0 Å². The second-order valence-electron chi connectivity index (χ2n) is 6.20. The van der Waals surface area contributed by atoms with Crippen LogP contribution >= 0.6 is 11.6 Å². The number of halogens is 4. The molecule has 0 unspecified atom stereocenters. The number of hydrazone groups is 1. The van der Waals surface area contributed by atoms with Gasteiger partial charge < -0.3 is 9.73 Å². The molecule has 10 heteroatoms. The van der Waals surface area contributed by atoms with Gasteiger partial charge in [-0.3, -0.25) is 9.59 Å². The topological polar surface area (TPSA) is 83.7 Å². The van der Waals surface area contributed by atoms with Crippen molar-refractivity contribution in [2.24, 2.45) is 5.10 Å². The van der Waals surface area contributed by atoms with Crippen LogP contribution in [0, 0.1) is 0 Å². The highest BCUT2D eigenvalue weighted by molar-refractivity contribution is 6.33. The summed E-state index contributed by atoms with van der Waals surface area (Å²) in [6, 6.07) is 6.22. The maximum absolute atomic E-state index is 12.7. The number of amides is 2.